The van der Waals surface area contributed by atoms with Crippen molar-refractivity contribution in [1.82, 2.24) is 0 Å². The fourth-order valence-corrected chi connectivity index (χ4v) is 1.71. The summed E-state index contributed by atoms with van der Waals surface area (Å²) in [6, 6.07) is 7.49. The van der Waals surface area contributed by atoms with Crippen molar-refractivity contribution < 1.29 is 19.4 Å². The summed E-state index contributed by atoms with van der Waals surface area (Å²) in [5, 5.41) is 8.70. The largest absolute Gasteiger partial charge is 0.497 e. The van der Waals surface area contributed by atoms with E-state index in [1.54, 1.807) is 7.11 Å². The molecule has 0 saturated carbocycles. The molecular formula is C12H13NO4. The lowest BCUT2D eigenvalue weighted by Gasteiger charge is -2.06. The molecule has 1 N–H and O–H groups in total. The summed E-state index contributed by atoms with van der Waals surface area (Å²) in [4.78, 5) is 14.6. The minimum atomic E-state index is -1.11. The zero-order chi connectivity index (χ0) is 12.3. The second kappa shape index (κ2) is 4.86. The van der Waals surface area contributed by atoms with Crippen molar-refractivity contribution in [3.8, 4) is 5.75 Å². The molecule has 1 aliphatic rings. The molecule has 1 aliphatic heterocycles. The van der Waals surface area contributed by atoms with Crippen LogP contribution >= 0.6 is 0 Å². The maximum Gasteiger partial charge on any atom is 0.391 e. The second-order valence-electron chi connectivity index (χ2n) is 3.76. The van der Waals surface area contributed by atoms with Crippen LogP contribution in [0.1, 0.15) is 5.56 Å². The molecule has 0 aromatic heterocycles. The third kappa shape index (κ3) is 2.75. The third-order valence-electron chi connectivity index (χ3n) is 2.50. The Balaban J connectivity index is 2.04. The van der Waals surface area contributed by atoms with E-state index in [4.69, 9.17) is 14.6 Å². The molecule has 1 unspecified atom stereocenters. The molecule has 0 saturated heterocycles. The molecule has 90 valence electrons. The van der Waals surface area contributed by atoms with Gasteiger partial charge < -0.3 is 14.6 Å². The van der Waals surface area contributed by atoms with E-state index in [1.807, 2.05) is 24.3 Å². The van der Waals surface area contributed by atoms with Gasteiger partial charge in [-0.05, 0) is 24.1 Å². The number of hydrogen-bond donors (Lipinski definition) is 1. The van der Waals surface area contributed by atoms with Crippen LogP contribution in [-0.2, 0) is 16.0 Å². The van der Waals surface area contributed by atoms with Crippen molar-refractivity contribution >= 4 is 11.9 Å². The van der Waals surface area contributed by atoms with Crippen LogP contribution in [0.2, 0.25) is 0 Å². The van der Waals surface area contributed by atoms with E-state index in [0.29, 0.717) is 13.0 Å². The van der Waals surface area contributed by atoms with E-state index in [1.165, 1.54) is 0 Å². The van der Waals surface area contributed by atoms with Gasteiger partial charge in [0.2, 0.25) is 0 Å². The molecule has 0 aliphatic carbocycles. The predicted molar refractivity (Wildman–Crippen MR) is 61.5 cm³/mol. The summed E-state index contributed by atoms with van der Waals surface area (Å²) in [7, 11) is 1.61. The Labute approximate surface area is 98.7 Å². The van der Waals surface area contributed by atoms with Crippen molar-refractivity contribution in [3.63, 3.8) is 0 Å². The second-order valence-corrected chi connectivity index (χ2v) is 3.76. The summed E-state index contributed by atoms with van der Waals surface area (Å²) < 4.78 is 10.1. The summed E-state index contributed by atoms with van der Waals surface area (Å²) in [6.07, 6.45) is 0.647. The van der Waals surface area contributed by atoms with Crippen LogP contribution in [0.25, 0.3) is 0 Å². The van der Waals surface area contributed by atoms with E-state index in [0.717, 1.165) is 11.3 Å². The van der Waals surface area contributed by atoms with Gasteiger partial charge in [0, 0.05) is 0 Å². The predicted octanol–water partition coefficient (Wildman–Crippen LogP) is 1.12. The highest BCUT2D eigenvalue weighted by Crippen LogP contribution is 2.17. The highest BCUT2D eigenvalue weighted by molar-refractivity contribution is 6.32. The monoisotopic (exact) mass is 235 g/mol. The van der Waals surface area contributed by atoms with Crippen molar-refractivity contribution in [2.45, 2.75) is 12.5 Å². The fourth-order valence-electron chi connectivity index (χ4n) is 1.71. The smallest absolute Gasteiger partial charge is 0.391 e. The lowest BCUT2D eigenvalue weighted by molar-refractivity contribution is -0.130. The Bertz CT molecular complexity index is 456. The maximum absolute atomic E-state index is 10.6. The molecule has 0 radical (unpaired) electrons. The van der Waals surface area contributed by atoms with Gasteiger partial charge in [-0.3, -0.25) is 0 Å². The van der Waals surface area contributed by atoms with Gasteiger partial charge >= 0.3 is 5.97 Å². The first-order valence-electron chi connectivity index (χ1n) is 5.26. The van der Waals surface area contributed by atoms with Crippen LogP contribution in [0.3, 0.4) is 0 Å². The number of carboxylic acids is 1. The standard InChI is InChI=1S/C12H13NO4/c1-16-10-4-2-3-8(6-10)5-9-7-17-11(13-9)12(14)15/h2-4,6,9H,5,7H2,1H3,(H,14,15). The fraction of sp³-hybridized carbons (Fsp3) is 0.333. The molecule has 1 atom stereocenters. The molecule has 0 fully saturated rings. The van der Waals surface area contributed by atoms with Crippen LogP contribution in [0.4, 0.5) is 0 Å². The summed E-state index contributed by atoms with van der Waals surface area (Å²) in [5.41, 5.74) is 1.05. The molecule has 0 spiro atoms. The van der Waals surface area contributed by atoms with Crippen LogP contribution < -0.4 is 4.74 Å². The number of carboxylic acid groups (broad SMARTS) is 1. The molecule has 1 heterocycles. The van der Waals surface area contributed by atoms with E-state index >= 15 is 0 Å². The van der Waals surface area contributed by atoms with Gasteiger partial charge in [-0.25, -0.2) is 9.79 Å². The van der Waals surface area contributed by atoms with Crippen LogP contribution in [0.15, 0.2) is 29.3 Å². The molecule has 17 heavy (non-hydrogen) atoms. The number of methoxy groups -OCH3 is 1. The van der Waals surface area contributed by atoms with Gasteiger partial charge in [0.25, 0.3) is 5.90 Å². The maximum atomic E-state index is 10.6. The Morgan fingerprint density at radius 1 is 1.65 bits per heavy atom. The average Bonchev–Trinajstić information content (AvgIpc) is 2.78. The van der Waals surface area contributed by atoms with Crippen molar-refractivity contribution in [1.29, 1.82) is 0 Å². The molecule has 0 bridgehead atoms. The SMILES string of the molecule is COc1cccc(CC2COC(C(=O)O)=N2)c1. The topological polar surface area (TPSA) is 68.1 Å². The average molecular weight is 235 g/mol. The molecule has 5 heteroatoms. The number of benzene rings is 1. The first-order chi connectivity index (χ1) is 8.19. The first-order valence-corrected chi connectivity index (χ1v) is 5.26. The van der Waals surface area contributed by atoms with E-state index in [-0.39, 0.29) is 11.9 Å². The van der Waals surface area contributed by atoms with Crippen molar-refractivity contribution in [3.05, 3.63) is 29.8 Å². The minimum Gasteiger partial charge on any atom is -0.497 e. The normalized spacial score (nSPS) is 18.4. The molecule has 2 rings (SSSR count). The van der Waals surface area contributed by atoms with Gasteiger partial charge in [-0.2, -0.15) is 0 Å². The number of aliphatic carboxylic acids is 1. The molecule has 1 aromatic carbocycles. The highest BCUT2D eigenvalue weighted by Gasteiger charge is 2.23. The Morgan fingerprint density at radius 2 is 2.47 bits per heavy atom. The summed E-state index contributed by atoms with van der Waals surface area (Å²) in [6.45, 7) is 0.318. The van der Waals surface area contributed by atoms with Crippen molar-refractivity contribution in [2.75, 3.05) is 13.7 Å². The highest BCUT2D eigenvalue weighted by atomic mass is 16.5. The zero-order valence-electron chi connectivity index (χ0n) is 9.42. The molecule has 5 nitrogen and oxygen atoms in total. The number of carbonyl (C=O) groups is 1. The minimum absolute atomic E-state index is 0.131. The Kier molecular flexibility index (Phi) is 3.27. The Hall–Kier alpha value is -2.04. The first kappa shape index (κ1) is 11.4. The number of nitrogens with zero attached hydrogens (tertiary/aromatic N) is 1. The van der Waals surface area contributed by atoms with Gasteiger partial charge in [0.15, 0.2) is 0 Å². The number of ether oxygens (including phenoxy) is 2. The number of rotatable bonds is 4. The summed E-state index contributed by atoms with van der Waals surface area (Å²) in [5.74, 6) is -0.528. The van der Waals surface area contributed by atoms with E-state index < -0.39 is 5.97 Å². The third-order valence-corrected chi connectivity index (χ3v) is 2.50. The zero-order valence-corrected chi connectivity index (χ0v) is 9.42. The quantitative estimate of drug-likeness (QED) is 0.849. The lowest BCUT2D eigenvalue weighted by Crippen LogP contribution is -2.12. The van der Waals surface area contributed by atoms with E-state index in [2.05, 4.69) is 4.99 Å². The summed E-state index contributed by atoms with van der Waals surface area (Å²) >= 11 is 0. The molecule has 1 aromatic rings. The van der Waals surface area contributed by atoms with Crippen LogP contribution in [0.5, 0.6) is 5.75 Å². The van der Waals surface area contributed by atoms with Crippen molar-refractivity contribution in [2.24, 2.45) is 4.99 Å². The molecule has 0 amide bonds. The molecular weight excluding hydrogens is 222 g/mol. The van der Waals surface area contributed by atoms with Gasteiger partial charge in [0.05, 0.1) is 13.2 Å². The van der Waals surface area contributed by atoms with Gasteiger partial charge in [-0.15, -0.1) is 0 Å². The lowest BCUT2D eigenvalue weighted by atomic mass is 10.1. The van der Waals surface area contributed by atoms with E-state index in [9.17, 15) is 4.79 Å². The van der Waals surface area contributed by atoms with Gasteiger partial charge in [0.1, 0.15) is 12.4 Å². The number of hydrogen-bond acceptors (Lipinski definition) is 4. The Morgan fingerprint density at radius 3 is 3.12 bits per heavy atom. The van der Waals surface area contributed by atoms with Crippen LogP contribution in [-0.4, -0.2) is 36.7 Å². The van der Waals surface area contributed by atoms with Crippen LogP contribution in [0, 0.1) is 0 Å². The van der Waals surface area contributed by atoms with Gasteiger partial charge in [-0.1, -0.05) is 12.1 Å². The number of aliphatic imine (C=N–C) groups is 1.